The number of aryl methyl sites for hydroxylation is 1. The predicted molar refractivity (Wildman–Crippen MR) is 123 cm³/mol. The zero-order valence-corrected chi connectivity index (χ0v) is 19.1. The maximum atomic E-state index is 13.5. The van der Waals surface area contributed by atoms with Crippen molar-refractivity contribution >= 4 is 11.7 Å². The average molecular weight is 470 g/mol. The number of rotatable bonds is 4. The number of nitrogens with one attached hydrogen (secondary N) is 1. The number of methoxy groups -OCH3 is 2. The van der Waals surface area contributed by atoms with Crippen LogP contribution in [0.5, 0.6) is 11.5 Å². The van der Waals surface area contributed by atoms with E-state index in [9.17, 15) is 18.0 Å². The molecule has 4 rings (SSSR count). The highest BCUT2D eigenvalue weighted by Gasteiger charge is 2.36. The maximum absolute atomic E-state index is 13.5. The minimum Gasteiger partial charge on any atom is -0.493 e. The molecule has 0 radical (unpaired) electrons. The lowest BCUT2D eigenvalue weighted by Gasteiger charge is -2.38. The number of hydrogen-bond donors (Lipinski definition) is 1. The molecule has 8 heteroatoms. The van der Waals surface area contributed by atoms with Gasteiger partial charge in [-0.1, -0.05) is 30.3 Å². The Morgan fingerprint density at radius 3 is 2.38 bits per heavy atom. The monoisotopic (exact) mass is 470 g/mol. The zero-order chi connectivity index (χ0) is 24.5. The van der Waals surface area contributed by atoms with Crippen molar-refractivity contribution in [1.29, 1.82) is 0 Å². The van der Waals surface area contributed by atoms with E-state index in [1.807, 2.05) is 31.2 Å². The summed E-state index contributed by atoms with van der Waals surface area (Å²) in [6.45, 7) is 2.20. The van der Waals surface area contributed by atoms with Crippen LogP contribution in [0.3, 0.4) is 0 Å². The van der Waals surface area contributed by atoms with Gasteiger partial charge in [-0.3, -0.25) is 0 Å². The van der Waals surface area contributed by atoms with Gasteiger partial charge < -0.3 is 19.7 Å². The summed E-state index contributed by atoms with van der Waals surface area (Å²) in [6.07, 6.45) is -3.98. The van der Waals surface area contributed by atoms with Crippen LogP contribution in [-0.4, -0.2) is 31.7 Å². The van der Waals surface area contributed by atoms with Crippen LogP contribution < -0.4 is 14.8 Å². The predicted octanol–water partition coefficient (Wildman–Crippen LogP) is 6.21. The molecule has 1 aliphatic heterocycles. The van der Waals surface area contributed by atoms with E-state index >= 15 is 0 Å². The molecule has 34 heavy (non-hydrogen) atoms. The highest BCUT2D eigenvalue weighted by Crippen LogP contribution is 2.42. The number of amides is 2. The van der Waals surface area contributed by atoms with Gasteiger partial charge in [0.1, 0.15) is 0 Å². The first-order valence-electron chi connectivity index (χ1n) is 10.8. The van der Waals surface area contributed by atoms with Gasteiger partial charge in [0.05, 0.1) is 25.8 Å². The highest BCUT2D eigenvalue weighted by atomic mass is 19.4. The molecule has 2 amide bonds. The summed E-state index contributed by atoms with van der Waals surface area (Å²) in [5, 5.41) is 2.92. The van der Waals surface area contributed by atoms with Crippen LogP contribution in [0.2, 0.25) is 0 Å². The Kier molecular flexibility index (Phi) is 6.41. The first-order chi connectivity index (χ1) is 16.2. The molecule has 178 valence electrons. The first kappa shape index (κ1) is 23.5. The van der Waals surface area contributed by atoms with Gasteiger partial charge in [0, 0.05) is 12.2 Å². The van der Waals surface area contributed by atoms with E-state index in [1.54, 1.807) is 23.1 Å². The number of carbonyl (C=O) groups is 1. The quantitative estimate of drug-likeness (QED) is 0.493. The summed E-state index contributed by atoms with van der Waals surface area (Å²) in [4.78, 5) is 15.0. The molecular formula is C26H25F3N2O3. The van der Waals surface area contributed by atoms with Crippen molar-refractivity contribution in [3.8, 4) is 11.5 Å². The van der Waals surface area contributed by atoms with E-state index in [4.69, 9.17) is 9.47 Å². The fourth-order valence-electron chi connectivity index (χ4n) is 4.31. The number of urea groups is 1. The molecule has 0 bridgehead atoms. The van der Waals surface area contributed by atoms with Gasteiger partial charge in [-0.25, -0.2) is 4.79 Å². The normalized spacial score (nSPS) is 15.5. The molecule has 0 unspecified atom stereocenters. The van der Waals surface area contributed by atoms with Crippen LogP contribution in [0, 0.1) is 6.92 Å². The molecular weight excluding hydrogens is 445 g/mol. The van der Waals surface area contributed by atoms with Crippen molar-refractivity contribution < 1.29 is 27.4 Å². The van der Waals surface area contributed by atoms with Crippen LogP contribution in [0.25, 0.3) is 0 Å². The Balaban J connectivity index is 1.82. The molecule has 5 nitrogen and oxygen atoms in total. The maximum Gasteiger partial charge on any atom is 0.416 e. The van der Waals surface area contributed by atoms with Gasteiger partial charge in [0.2, 0.25) is 0 Å². The van der Waals surface area contributed by atoms with Crippen LogP contribution in [0.15, 0.2) is 60.7 Å². The standard InChI is InChI=1S/C26H25F3N2O3/c1-16-7-4-5-10-21(16)30-25(32)31-12-11-17-14-22(33-2)23(34-3)15-20(17)24(31)18-8-6-9-19(13-18)26(27,28)29/h4-10,13-15,24H,11-12H2,1-3H3,(H,30,32)/t24-/m0/s1. The first-order valence-corrected chi connectivity index (χ1v) is 10.8. The largest absolute Gasteiger partial charge is 0.493 e. The van der Waals surface area contributed by atoms with Gasteiger partial charge in [-0.2, -0.15) is 13.2 Å². The number of carbonyl (C=O) groups excluding carboxylic acids is 1. The van der Waals surface area contributed by atoms with Gasteiger partial charge in [-0.05, 0) is 65.9 Å². The number of anilines is 1. The Hall–Kier alpha value is -3.68. The molecule has 0 saturated carbocycles. The highest BCUT2D eigenvalue weighted by molar-refractivity contribution is 5.91. The SMILES string of the molecule is COc1cc2c(cc1OC)[C@H](c1cccc(C(F)(F)F)c1)N(C(=O)Nc1ccccc1C)CC2. The van der Waals surface area contributed by atoms with Gasteiger partial charge in [0.25, 0.3) is 0 Å². The van der Waals surface area contributed by atoms with Crippen molar-refractivity contribution in [3.63, 3.8) is 0 Å². The number of fused-ring (bicyclic) bond motifs is 1. The van der Waals surface area contributed by atoms with Gasteiger partial charge in [-0.15, -0.1) is 0 Å². The minimum absolute atomic E-state index is 0.321. The van der Waals surface area contributed by atoms with Crippen molar-refractivity contribution in [3.05, 3.63) is 88.5 Å². The number of benzene rings is 3. The Morgan fingerprint density at radius 2 is 1.71 bits per heavy atom. The van der Waals surface area contributed by atoms with Crippen molar-refractivity contribution in [2.45, 2.75) is 25.6 Å². The van der Waals surface area contributed by atoms with Gasteiger partial charge in [0.15, 0.2) is 11.5 Å². The molecule has 1 atom stereocenters. The molecule has 0 spiro atoms. The fourth-order valence-corrected chi connectivity index (χ4v) is 4.31. The Labute approximate surface area is 196 Å². The van der Waals surface area contributed by atoms with E-state index in [1.165, 1.54) is 20.3 Å². The zero-order valence-electron chi connectivity index (χ0n) is 19.1. The number of hydrogen-bond acceptors (Lipinski definition) is 3. The third-order valence-electron chi connectivity index (χ3n) is 6.05. The second kappa shape index (κ2) is 9.29. The van der Waals surface area contributed by atoms with E-state index in [0.717, 1.165) is 23.3 Å². The fraction of sp³-hybridized carbons (Fsp3) is 0.269. The average Bonchev–Trinajstić information content (AvgIpc) is 2.83. The lowest BCUT2D eigenvalue weighted by atomic mass is 9.87. The van der Waals surface area contributed by atoms with Crippen molar-refractivity contribution in [1.82, 2.24) is 4.90 Å². The number of alkyl halides is 3. The number of ether oxygens (including phenoxy) is 2. The summed E-state index contributed by atoms with van der Waals surface area (Å²) < 4.78 is 51.4. The second-order valence-corrected chi connectivity index (χ2v) is 8.12. The molecule has 3 aromatic rings. The van der Waals surface area contributed by atoms with E-state index < -0.39 is 23.8 Å². The molecule has 0 aliphatic carbocycles. The van der Waals surface area contributed by atoms with Crippen LogP contribution in [0.4, 0.5) is 23.7 Å². The summed E-state index contributed by atoms with van der Waals surface area (Å²) in [5.74, 6) is 0.973. The number of nitrogens with zero attached hydrogens (tertiary/aromatic N) is 1. The lowest BCUT2D eigenvalue weighted by molar-refractivity contribution is -0.137. The topological polar surface area (TPSA) is 50.8 Å². The van der Waals surface area contributed by atoms with Crippen molar-refractivity contribution in [2.24, 2.45) is 0 Å². The molecule has 1 heterocycles. The molecule has 1 N–H and O–H groups in total. The van der Waals surface area contributed by atoms with E-state index in [0.29, 0.717) is 41.3 Å². The number of halogens is 3. The summed E-state index contributed by atoms with van der Waals surface area (Å²) in [6, 6.07) is 14.9. The molecule has 0 aromatic heterocycles. The lowest BCUT2D eigenvalue weighted by Crippen LogP contribution is -2.43. The van der Waals surface area contributed by atoms with Gasteiger partial charge >= 0.3 is 12.2 Å². The summed E-state index contributed by atoms with van der Waals surface area (Å²) in [7, 11) is 3.02. The molecule has 3 aromatic carbocycles. The minimum atomic E-state index is -4.50. The van der Waals surface area contributed by atoms with Crippen LogP contribution in [0.1, 0.15) is 33.9 Å². The third kappa shape index (κ3) is 4.53. The summed E-state index contributed by atoms with van der Waals surface area (Å²) >= 11 is 0. The third-order valence-corrected chi connectivity index (χ3v) is 6.05. The van der Waals surface area contributed by atoms with E-state index in [2.05, 4.69) is 5.32 Å². The molecule has 1 aliphatic rings. The smallest absolute Gasteiger partial charge is 0.416 e. The number of para-hydroxylation sites is 1. The Morgan fingerprint density at radius 1 is 1.00 bits per heavy atom. The van der Waals surface area contributed by atoms with E-state index in [-0.39, 0.29) is 0 Å². The van der Waals surface area contributed by atoms with Crippen molar-refractivity contribution in [2.75, 3.05) is 26.1 Å². The molecule has 0 saturated heterocycles. The summed E-state index contributed by atoms with van der Waals surface area (Å²) in [5.41, 5.74) is 2.71. The molecule has 0 fully saturated rings. The second-order valence-electron chi connectivity index (χ2n) is 8.12. The van der Waals surface area contributed by atoms with Crippen LogP contribution >= 0.6 is 0 Å². The Bertz CT molecular complexity index is 1210. The van der Waals surface area contributed by atoms with Crippen LogP contribution in [-0.2, 0) is 12.6 Å².